The van der Waals surface area contributed by atoms with Crippen LogP contribution >= 0.6 is 0 Å². The molecule has 0 fully saturated rings. The predicted molar refractivity (Wildman–Crippen MR) is 70.7 cm³/mol. The maximum atomic E-state index is 11.9. The van der Waals surface area contributed by atoms with Crippen molar-refractivity contribution < 1.29 is 9.21 Å². The van der Waals surface area contributed by atoms with Crippen molar-refractivity contribution in [1.82, 2.24) is 20.2 Å². The van der Waals surface area contributed by atoms with Gasteiger partial charge >= 0.3 is 0 Å². The number of carbonyl (C=O) groups excluding carboxylic acids is 1. The minimum Gasteiger partial charge on any atom is -0.461 e. The zero-order valence-corrected chi connectivity index (χ0v) is 10.6. The van der Waals surface area contributed by atoms with E-state index in [1.807, 2.05) is 30.3 Å². The van der Waals surface area contributed by atoms with Crippen LogP contribution in [0, 0.1) is 0 Å². The van der Waals surface area contributed by atoms with E-state index in [2.05, 4.69) is 15.4 Å². The van der Waals surface area contributed by atoms with Gasteiger partial charge in [0.2, 0.25) is 5.82 Å². The monoisotopic (exact) mass is 268 g/mol. The van der Waals surface area contributed by atoms with Crippen molar-refractivity contribution in [2.75, 3.05) is 0 Å². The summed E-state index contributed by atoms with van der Waals surface area (Å²) in [5, 5.41) is 11.8. The zero-order chi connectivity index (χ0) is 13.8. The van der Waals surface area contributed by atoms with Gasteiger partial charge in [-0.15, -0.1) is 10.2 Å². The van der Waals surface area contributed by atoms with E-state index in [0.29, 0.717) is 18.0 Å². The quantitative estimate of drug-likeness (QED) is 0.704. The second-order valence-corrected chi connectivity index (χ2v) is 4.32. The Morgan fingerprint density at radius 1 is 1.15 bits per heavy atom. The highest BCUT2D eigenvalue weighted by Crippen LogP contribution is 2.12. The van der Waals surface area contributed by atoms with Crippen molar-refractivity contribution in [3.05, 3.63) is 54.3 Å². The van der Waals surface area contributed by atoms with Gasteiger partial charge in [0, 0.05) is 6.42 Å². The smallest absolute Gasteiger partial charge is 0.240 e. The summed E-state index contributed by atoms with van der Waals surface area (Å²) in [6.45, 7) is 0.0998. The van der Waals surface area contributed by atoms with E-state index in [0.717, 1.165) is 5.56 Å². The van der Waals surface area contributed by atoms with Crippen LogP contribution in [0.4, 0.5) is 0 Å². The molecule has 0 spiro atoms. The normalized spacial score (nSPS) is 10.6. The van der Waals surface area contributed by atoms with Gasteiger partial charge in [0.05, 0.1) is 6.26 Å². The van der Waals surface area contributed by atoms with Gasteiger partial charge in [-0.1, -0.05) is 30.3 Å². The number of ketones is 1. The number of hydrogen-bond acceptors (Lipinski definition) is 5. The zero-order valence-electron chi connectivity index (χ0n) is 10.6. The minimum absolute atomic E-state index is 0.0274. The van der Waals surface area contributed by atoms with Gasteiger partial charge in [-0.3, -0.25) is 4.79 Å². The van der Waals surface area contributed by atoms with Crippen molar-refractivity contribution >= 4 is 5.78 Å². The van der Waals surface area contributed by atoms with E-state index in [1.54, 1.807) is 12.1 Å². The van der Waals surface area contributed by atoms with Gasteiger partial charge in [-0.25, -0.2) is 0 Å². The molecular formula is C14H12N4O2. The first kappa shape index (κ1) is 12.3. The third-order valence-electron chi connectivity index (χ3n) is 2.76. The van der Waals surface area contributed by atoms with Crippen LogP contribution in [0.5, 0.6) is 0 Å². The van der Waals surface area contributed by atoms with Crippen LogP contribution < -0.4 is 0 Å². The third kappa shape index (κ3) is 2.80. The molecule has 0 saturated heterocycles. The number of tetrazole rings is 1. The molecule has 100 valence electrons. The SMILES string of the molecule is O=C(Cc1ccccc1)Cn1nnc(-c2ccco2)n1. The maximum absolute atomic E-state index is 11.9. The van der Waals surface area contributed by atoms with Gasteiger partial charge in [0.15, 0.2) is 11.5 Å². The lowest BCUT2D eigenvalue weighted by Crippen LogP contribution is -2.15. The number of carbonyl (C=O) groups is 1. The summed E-state index contributed by atoms with van der Waals surface area (Å²) < 4.78 is 5.17. The van der Waals surface area contributed by atoms with Crippen molar-refractivity contribution in [3.63, 3.8) is 0 Å². The lowest BCUT2D eigenvalue weighted by molar-refractivity contribution is -0.119. The van der Waals surface area contributed by atoms with E-state index in [9.17, 15) is 4.79 Å². The van der Waals surface area contributed by atoms with Crippen LogP contribution in [0.3, 0.4) is 0 Å². The molecule has 6 heteroatoms. The maximum Gasteiger partial charge on any atom is 0.240 e. The Balaban J connectivity index is 1.65. The molecule has 0 aliphatic heterocycles. The first-order chi connectivity index (χ1) is 9.81. The Morgan fingerprint density at radius 3 is 2.75 bits per heavy atom. The highest BCUT2D eigenvalue weighted by Gasteiger charge is 2.11. The van der Waals surface area contributed by atoms with E-state index in [-0.39, 0.29) is 12.3 Å². The van der Waals surface area contributed by atoms with Crippen LogP contribution in [0.2, 0.25) is 0 Å². The van der Waals surface area contributed by atoms with E-state index < -0.39 is 0 Å². The van der Waals surface area contributed by atoms with Gasteiger partial charge in [-0.05, 0) is 22.9 Å². The van der Waals surface area contributed by atoms with Crippen molar-refractivity contribution in [2.24, 2.45) is 0 Å². The summed E-state index contributed by atoms with van der Waals surface area (Å²) in [5.74, 6) is 0.939. The summed E-state index contributed by atoms with van der Waals surface area (Å²) in [7, 11) is 0. The molecule has 1 aromatic carbocycles. The molecule has 20 heavy (non-hydrogen) atoms. The molecule has 0 bridgehead atoms. The minimum atomic E-state index is 0.0274. The highest BCUT2D eigenvalue weighted by atomic mass is 16.3. The molecule has 3 aromatic rings. The molecule has 0 atom stereocenters. The number of furan rings is 1. The van der Waals surface area contributed by atoms with E-state index in [1.165, 1.54) is 11.1 Å². The number of rotatable bonds is 5. The Kier molecular flexibility index (Phi) is 3.36. The van der Waals surface area contributed by atoms with Crippen LogP contribution in [0.25, 0.3) is 11.6 Å². The van der Waals surface area contributed by atoms with Crippen molar-refractivity contribution in [2.45, 2.75) is 13.0 Å². The van der Waals surface area contributed by atoms with Gasteiger partial charge in [-0.2, -0.15) is 4.80 Å². The highest BCUT2D eigenvalue weighted by molar-refractivity contribution is 5.80. The summed E-state index contributed by atoms with van der Waals surface area (Å²) >= 11 is 0. The molecule has 0 radical (unpaired) electrons. The fraction of sp³-hybridized carbons (Fsp3) is 0.143. The molecular weight excluding hydrogens is 256 g/mol. The van der Waals surface area contributed by atoms with Gasteiger partial charge in [0.25, 0.3) is 0 Å². The fourth-order valence-corrected chi connectivity index (χ4v) is 1.85. The molecule has 0 aliphatic carbocycles. The molecule has 2 aromatic heterocycles. The lowest BCUT2D eigenvalue weighted by atomic mass is 10.1. The van der Waals surface area contributed by atoms with Gasteiger partial charge < -0.3 is 4.42 Å². The fourth-order valence-electron chi connectivity index (χ4n) is 1.85. The topological polar surface area (TPSA) is 73.8 Å². The van der Waals surface area contributed by atoms with Crippen LogP contribution in [0.1, 0.15) is 5.56 Å². The average Bonchev–Trinajstić information content (AvgIpc) is 3.10. The summed E-state index contributed by atoms with van der Waals surface area (Å²) in [6.07, 6.45) is 1.90. The molecule has 0 aliphatic rings. The molecule has 0 N–H and O–H groups in total. The first-order valence-corrected chi connectivity index (χ1v) is 6.18. The summed E-state index contributed by atoms with van der Waals surface area (Å²) in [4.78, 5) is 13.2. The second kappa shape index (κ2) is 5.48. The van der Waals surface area contributed by atoms with Crippen LogP contribution in [-0.4, -0.2) is 26.0 Å². The summed E-state index contributed by atoms with van der Waals surface area (Å²) in [6, 6.07) is 13.1. The number of aromatic nitrogens is 4. The number of hydrogen-bond donors (Lipinski definition) is 0. The van der Waals surface area contributed by atoms with E-state index in [4.69, 9.17) is 4.42 Å². The largest absolute Gasteiger partial charge is 0.461 e. The average molecular weight is 268 g/mol. The molecule has 0 unspecified atom stereocenters. The van der Waals surface area contributed by atoms with Crippen molar-refractivity contribution in [1.29, 1.82) is 0 Å². The molecule has 2 heterocycles. The Hall–Kier alpha value is -2.76. The standard InChI is InChI=1S/C14H12N4O2/c19-12(9-11-5-2-1-3-6-11)10-18-16-14(15-17-18)13-7-4-8-20-13/h1-8H,9-10H2. The van der Waals surface area contributed by atoms with E-state index >= 15 is 0 Å². The predicted octanol–water partition coefficient (Wildman–Crippen LogP) is 1.74. The molecule has 6 nitrogen and oxygen atoms in total. The molecule has 0 amide bonds. The van der Waals surface area contributed by atoms with Crippen molar-refractivity contribution in [3.8, 4) is 11.6 Å². The number of benzene rings is 1. The first-order valence-electron chi connectivity index (χ1n) is 6.18. The second-order valence-electron chi connectivity index (χ2n) is 4.32. The molecule has 0 saturated carbocycles. The number of Topliss-reactive ketones (excluding diaryl/α,β-unsaturated/α-hetero) is 1. The third-order valence-corrected chi connectivity index (χ3v) is 2.76. The molecule has 3 rings (SSSR count). The lowest BCUT2D eigenvalue weighted by Gasteiger charge is -1.99. The Bertz CT molecular complexity index is 689. The van der Waals surface area contributed by atoms with Gasteiger partial charge in [0.1, 0.15) is 6.54 Å². The Labute approximate surface area is 115 Å². The number of nitrogens with zero attached hydrogens (tertiary/aromatic N) is 4. The van der Waals surface area contributed by atoms with Crippen LogP contribution in [-0.2, 0) is 17.8 Å². The summed E-state index contributed by atoms with van der Waals surface area (Å²) in [5.41, 5.74) is 0.976. The van der Waals surface area contributed by atoms with Crippen LogP contribution in [0.15, 0.2) is 53.1 Å². The Morgan fingerprint density at radius 2 is 2.00 bits per heavy atom.